The molecule has 5 heteroatoms. The Morgan fingerprint density at radius 2 is 2.18 bits per heavy atom. The zero-order valence-corrected chi connectivity index (χ0v) is 12.2. The molecule has 17 heavy (non-hydrogen) atoms. The Labute approximate surface area is 111 Å². The van der Waals surface area contributed by atoms with E-state index in [4.69, 9.17) is 0 Å². The number of halogens is 1. The van der Waals surface area contributed by atoms with E-state index < -0.39 is 0 Å². The summed E-state index contributed by atoms with van der Waals surface area (Å²) in [4.78, 5) is 11.2. The molecule has 0 bridgehead atoms. The molecule has 0 saturated heterocycles. The monoisotopic (exact) mass is 298 g/mol. The van der Waals surface area contributed by atoms with Crippen LogP contribution in [-0.4, -0.2) is 41.5 Å². The highest BCUT2D eigenvalue weighted by atomic mass is 79.9. The summed E-state index contributed by atoms with van der Waals surface area (Å²) in [7, 11) is 4.16. The summed E-state index contributed by atoms with van der Waals surface area (Å²) in [6.45, 7) is 3.07. The molecule has 1 aromatic rings. The van der Waals surface area contributed by atoms with Crippen LogP contribution < -0.4 is 5.32 Å². The third-order valence-corrected chi connectivity index (χ3v) is 3.52. The highest BCUT2D eigenvalue weighted by Crippen LogP contribution is 2.38. The van der Waals surface area contributed by atoms with Crippen molar-refractivity contribution in [2.45, 2.75) is 31.7 Å². The predicted molar refractivity (Wildman–Crippen MR) is 73.3 cm³/mol. The van der Waals surface area contributed by atoms with E-state index in [1.807, 2.05) is 6.07 Å². The van der Waals surface area contributed by atoms with Gasteiger partial charge in [-0.3, -0.25) is 0 Å². The van der Waals surface area contributed by atoms with E-state index in [-0.39, 0.29) is 0 Å². The summed E-state index contributed by atoms with van der Waals surface area (Å²) in [5.74, 6) is 2.47. The second-order valence-electron chi connectivity index (χ2n) is 4.90. The van der Waals surface area contributed by atoms with E-state index in [2.05, 4.69) is 57.1 Å². The number of likely N-dealkylation sites (N-methyl/N-ethyl adjacent to an activating group) is 1. The van der Waals surface area contributed by atoms with Crippen LogP contribution in [0, 0.1) is 0 Å². The summed E-state index contributed by atoms with van der Waals surface area (Å²) in [6.07, 6.45) is 2.45. The first-order chi connectivity index (χ1) is 8.06. The molecule has 1 atom stereocenters. The van der Waals surface area contributed by atoms with Gasteiger partial charge in [-0.2, -0.15) is 0 Å². The lowest BCUT2D eigenvalue weighted by atomic mass is 10.3. The molecule has 4 nitrogen and oxygen atoms in total. The van der Waals surface area contributed by atoms with Crippen molar-refractivity contribution < 1.29 is 0 Å². The number of anilines is 1. The van der Waals surface area contributed by atoms with E-state index in [1.54, 1.807) is 0 Å². The van der Waals surface area contributed by atoms with Crippen molar-refractivity contribution in [1.29, 1.82) is 0 Å². The van der Waals surface area contributed by atoms with Crippen molar-refractivity contribution in [3.05, 3.63) is 16.5 Å². The molecule has 0 aromatic carbocycles. The minimum absolute atomic E-state index is 0.480. The predicted octanol–water partition coefficient (Wildman–Crippen LogP) is 2.48. The van der Waals surface area contributed by atoms with Gasteiger partial charge in [0.1, 0.15) is 16.2 Å². The van der Waals surface area contributed by atoms with Gasteiger partial charge in [-0.15, -0.1) is 0 Å². The van der Waals surface area contributed by atoms with Gasteiger partial charge in [0.15, 0.2) is 0 Å². The molecule has 1 saturated carbocycles. The fraction of sp³-hybridized carbons (Fsp3) is 0.667. The Bertz CT molecular complexity index is 390. The molecule has 1 unspecified atom stereocenters. The van der Waals surface area contributed by atoms with Crippen molar-refractivity contribution in [3.63, 3.8) is 0 Å². The van der Waals surface area contributed by atoms with Crippen molar-refractivity contribution in [2.75, 3.05) is 26.0 Å². The van der Waals surface area contributed by atoms with Crippen molar-refractivity contribution >= 4 is 21.7 Å². The summed E-state index contributed by atoms with van der Waals surface area (Å²) >= 11 is 3.44. The molecule has 1 aromatic heterocycles. The lowest BCUT2D eigenvalue weighted by molar-refractivity contribution is 0.326. The molecule has 1 heterocycles. The van der Waals surface area contributed by atoms with Crippen molar-refractivity contribution in [3.8, 4) is 0 Å². The topological polar surface area (TPSA) is 41.1 Å². The van der Waals surface area contributed by atoms with Crippen LogP contribution in [0.25, 0.3) is 0 Å². The van der Waals surface area contributed by atoms with E-state index in [0.29, 0.717) is 12.0 Å². The van der Waals surface area contributed by atoms with E-state index in [9.17, 15) is 0 Å². The second kappa shape index (κ2) is 5.31. The van der Waals surface area contributed by atoms with Gasteiger partial charge in [0.05, 0.1) is 0 Å². The Morgan fingerprint density at radius 1 is 1.47 bits per heavy atom. The number of aromatic nitrogens is 2. The normalized spacial score (nSPS) is 17.2. The number of hydrogen-bond donors (Lipinski definition) is 1. The Balaban J connectivity index is 2.00. The van der Waals surface area contributed by atoms with Crippen LogP contribution in [0.15, 0.2) is 10.7 Å². The number of nitrogens with zero attached hydrogens (tertiary/aromatic N) is 3. The zero-order chi connectivity index (χ0) is 12.4. The molecule has 0 radical (unpaired) electrons. The highest BCUT2D eigenvalue weighted by molar-refractivity contribution is 9.10. The fourth-order valence-corrected chi connectivity index (χ4v) is 1.88. The van der Waals surface area contributed by atoms with E-state index in [1.165, 1.54) is 12.8 Å². The van der Waals surface area contributed by atoms with Gasteiger partial charge in [0, 0.05) is 24.6 Å². The maximum absolute atomic E-state index is 4.56. The quantitative estimate of drug-likeness (QED) is 0.848. The number of rotatable bonds is 5. The van der Waals surface area contributed by atoms with Crippen LogP contribution in [0.1, 0.15) is 31.5 Å². The summed E-state index contributed by atoms with van der Waals surface area (Å²) in [6, 6.07) is 2.42. The molecule has 94 valence electrons. The third-order valence-electron chi connectivity index (χ3n) is 3.11. The smallest absolute Gasteiger partial charge is 0.135 e. The number of hydrogen-bond acceptors (Lipinski definition) is 4. The summed E-state index contributed by atoms with van der Waals surface area (Å²) in [5, 5.41) is 3.37. The minimum Gasteiger partial charge on any atom is -0.368 e. The van der Waals surface area contributed by atoms with Crippen molar-refractivity contribution in [2.24, 2.45) is 0 Å². The van der Waals surface area contributed by atoms with Crippen LogP contribution in [0.4, 0.5) is 5.82 Å². The van der Waals surface area contributed by atoms with Crippen LogP contribution in [0.5, 0.6) is 0 Å². The van der Waals surface area contributed by atoms with Crippen LogP contribution in [0.2, 0.25) is 0 Å². The van der Waals surface area contributed by atoms with Crippen molar-refractivity contribution in [1.82, 2.24) is 14.9 Å². The molecule has 0 aliphatic heterocycles. The van der Waals surface area contributed by atoms with Gasteiger partial charge in [-0.05, 0) is 49.8 Å². The molecule has 1 N–H and O–H groups in total. The molecule has 2 rings (SSSR count). The minimum atomic E-state index is 0.480. The first-order valence-corrected chi connectivity index (χ1v) is 6.80. The van der Waals surface area contributed by atoms with Crippen LogP contribution in [-0.2, 0) is 0 Å². The highest BCUT2D eigenvalue weighted by Gasteiger charge is 2.27. The zero-order valence-electron chi connectivity index (χ0n) is 10.6. The van der Waals surface area contributed by atoms with Crippen LogP contribution >= 0.6 is 15.9 Å². The maximum Gasteiger partial charge on any atom is 0.135 e. The second-order valence-corrected chi connectivity index (χ2v) is 5.71. The number of nitrogens with one attached hydrogen (secondary N) is 1. The van der Waals surface area contributed by atoms with Gasteiger partial charge in [0.25, 0.3) is 0 Å². The van der Waals surface area contributed by atoms with E-state index >= 15 is 0 Å². The standard InChI is InChI=1S/C12H19BrN4/c1-8(17(2)3)7-14-11-6-10(13)15-12(16-11)9-4-5-9/h6,8-9H,4-5,7H2,1-3H3,(H,14,15,16). The molecule has 0 amide bonds. The lowest BCUT2D eigenvalue weighted by Gasteiger charge is -2.20. The first kappa shape index (κ1) is 12.8. The lowest BCUT2D eigenvalue weighted by Crippen LogP contribution is -2.31. The SMILES string of the molecule is CC(CNc1cc(Br)nc(C2CC2)n1)N(C)C. The third kappa shape index (κ3) is 3.64. The summed E-state index contributed by atoms with van der Waals surface area (Å²) in [5.41, 5.74) is 0. The molecule has 1 fully saturated rings. The largest absolute Gasteiger partial charge is 0.368 e. The van der Waals surface area contributed by atoms with Gasteiger partial charge >= 0.3 is 0 Å². The Morgan fingerprint density at radius 3 is 2.76 bits per heavy atom. The fourth-order valence-electron chi connectivity index (χ4n) is 1.48. The van der Waals surface area contributed by atoms with E-state index in [0.717, 1.165) is 22.8 Å². The maximum atomic E-state index is 4.56. The van der Waals surface area contributed by atoms with Gasteiger partial charge in [-0.1, -0.05) is 0 Å². The summed E-state index contributed by atoms with van der Waals surface area (Å²) < 4.78 is 0.870. The average molecular weight is 299 g/mol. The molecule has 1 aliphatic carbocycles. The molecule has 0 spiro atoms. The Hall–Kier alpha value is -0.680. The molecular weight excluding hydrogens is 280 g/mol. The van der Waals surface area contributed by atoms with Gasteiger partial charge in [-0.25, -0.2) is 9.97 Å². The van der Waals surface area contributed by atoms with Gasteiger partial charge in [0.2, 0.25) is 0 Å². The molecule has 1 aliphatic rings. The van der Waals surface area contributed by atoms with Crippen LogP contribution in [0.3, 0.4) is 0 Å². The average Bonchev–Trinajstić information content (AvgIpc) is 3.08. The first-order valence-electron chi connectivity index (χ1n) is 6.01. The Kier molecular flexibility index (Phi) is 3.99. The van der Waals surface area contributed by atoms with Gasteiger partial charge < -0.3 is 10.2 Å². The molecular formula is C12H19BrN4.